The largest absolute Gasteiger partial charge is 0.481 e. The van der Waals surface area contributed by atoms with Crippen molar-refractivity contribution in [3.8, 4) is 0 Å². The first-order valence-corrected chi connectivity index (χ1v) is 6.26. The summed E-state index contributed by atoms with van der Waals surface area (Å²) in [6.07, 6.45) is -3.69. The molecule has 1 aliphatic rings. The number of anilines is 1. The summed E-state index contributed by atoms with van der Waals surface area (Å²) in [6, 6.07) is 1.19. The second kappa shape index (κ2) is 5.43. The normalized spacial score (nSPS) is 21.9. The minimum atomic E-state index is -4.63. The Morgan fingerprint density at radius 2 is 2.14 bits per heavy atom. The summed E-state index contributed by atoms with van der Waals surface area (Å²) in [4.78, 5) is 26.0. The molecule has 0 aromatic carbocycles. The van der Waals surface area contributed by atoms with Crippen LogP contribution in [0.5, 0.6) is 0 Å². The molecule has 1 aliphatic heterocycles. The number of nitro groups is 1. The maximum absolute atomic E-state index is 12.9. The molecular weight excluding hydrogens is 307 g/mol. The minimum absolute atomic E-state index is 0.128. The highest BCUT2D eigenvalue weighted by Crippen LogP contribution is 2.39. The van der Waals surface area contributed by atoms with Gasteiger partial charge in [-0.2, -0.15) is 13.2 Å². The zero-order chi connectivity index (χ0) is 16.7. The zero-order valence-electron chi connectivity index (χ0n) is 11.4. The third-order valence-corrected chi connectivity index (χ3v) is 3.60. The molecule has 1 N–H and O–H groups in total. The average Bonchev–Trinajstić information content (AvgIpc) is 2.83. The molecule has 0 amide bonds. The van der Waals surface area contributed by atoms with Crippen LogP contribution in [0.15, 0.2) is 12.3 Å². The van der Waals surface area contributed by atoms with Gasteiger partial charge in [-0.15, -0.1) is 0 Å². The highest BCUT2D eigenvalue weighted by atomic mass is 19.4. The van der Waals surface area contributed by atoms with Gasteiger partial charge in [0, 0.05) is 19.2 Å². The van der Waals surface area contributed by atoms with E-state index >= 15 is 0 Å². The van der Waals surface area contributed by atoms with Gasteiger partial charge in [0.25, 0.3) is 5.69 Å². The number of hydrogen-bond donors (Lipinski definition) is 1. The molecule has 10 heteroatoms. The summed E-state index contributed by atoms with van der Waals surface area (Å²) < 4.78 is 38.8. The highest BCUT2D eigenvalue weighted by molar-refractivity contribution is 5.73. The highest BCUT2D eigenvalue weighted by Gasteiger charge is 2.53. The molecule has 0 bridgehead atoms. The van der Waals surface area contributed by atoms with Gasteiger partial charge in [0.2, 0.25) is 0 Å². The van der Waals surface area contributed by atoms with Gasteiger partial charge in [-0.05, 0) is 12.5 Å². The molecule has 22 heavy (non-hydrogen) atoms. The SMILES string of the molecule is Cc1cc([N+](=O)[O-])cnc1N1C[C@@H](C(F)(F)F)[C@H](C(=O)O)C1. The third-order valence-electron chi connectivity index (χ3n) is 3.60. The van der Waals surface area contributed by atoms with Crippen LogP contribution in [0.2, 0.25) is 0 Å². The summed E-state index contributed by atoms with van der Waals surface area (Å²) in [5.74, 6) is -4.98. The van der Waals surface area contributed by atoms with Gasteiger partial charge >= 0.3 is 12.1 Å². The molecule has 0 spiro atoms. The molecular formula is C12H12F3N3O4. The van der Waals surface area contributed by atoms with Gasteiger partial charge in [0.1, 0.15) is 12.0 Å². The maximum Gasteiger partial charge on any atom is 0.394 e. The molecule has 7 nitrogen and oxygen atoms in total. The summed E-state index contributed by atoms with van der Waals surface area (Å²) >= 11 is 0. The van der Waals surface area contributed by atoms with E-state index in [1.807, 2.05) is 0 Å². The van der Waals surface area contributed by atoms with Gasteiger partial charge in [0.15, 0.2) is 0 Å². The van der Waals surface area contributed by atoms with Crippen molar-refractivity contribution < 1.29 is 28.0 Å². The number of nitrogens with zero attached hydrogens (tertiary/aromatic N) is 3. The van der Waals surface area contributed by atoms with E-state index in [0.29, 0.717) is 5.56 Å². The Labute approximate surface area is 122 Å². The average molecular weight is 319 g/mol. The number of pyridine rings is 1. The number of aromatic nitrogens is 1. The lowest BCUT2D eigenvalue weighted by molar-refractivity contribution is -0.385. The number of alkyl halides is 3. The number of carboxylic acid groups (broad SMARTS) is 1. The van der Waals surface area contributed by atoms with E-state index in [9.17, 15) is 28.1 Å². The third kappa shape index (κ3) is 2.95. The van der Waals surface area contributed by atoms with E-state index in [4.69, 9.17) is 5.11 Å². The van der Waals surface area contributed by atoms with E-state index in [2.05, 4.69) is 4.98 Å². The van der Waals surface area contributed by atoms with Gasteiger partial charge < -0.3 is 10.0 Å². The lowest BCUT2D eigenvalue weighted by Crippen LogP contribution is -2.33. The van der Waals surface area contributed by atoms with Crippen molar-refractivity contribution >= 4 is 17.5 Å². The Morgan fingerprint density at radius 3 is 2.55 bits per heavy atom. The van der Waals surface area contributed by atoms with E-state index < -0.39 is 35.4 Å². The van der Waals surface area contributed by atoms with Crippen LogP contribution >= 0.6 is 0 Å². The molecule has 2 rings (SSSR count). The Kier molecular flexibility index (Phi) is 3.94. The molecule has 1 aromatic heterocycles. The van der Waals surface area contributed by atoms with Crippen LogP contribution in [-0.4, -0.2) is 40.2 Å². The monoisotopic (exact) mass is 319 g/mol. The quantitative estimate of drug-likeness (QED) is 0.676. The van der Waals surface area contributed by atoms with Crippen molar-refractivity contribution in [2.24, 2.45) is 11.8 Å². The van der Waals surface area contributed by atoms with Crippen molar-refractivity contribution in [2.75, 3.05) is 18.0 Å². The second-order valence-corrected chi connectivity index (χ2v) is 5.09. The minimum Gasteiger partial charge on any atom is -0.481 e. The number of halogens is 3. The summed E-state index contributed by atoms with van der Waals surface area (Å²) in [5, 5.41) is 19.6. The molecule has 0 radical (unpaired) electrons. The zero-order valence-corrected chi connectivity index (χ0v) is 11.4. The standard InChI is InChI=1S/C12H12F3N3O4/c1-6-2-7(18(21)22)3-16-10(6)17-4-8(11(19)20)9(5-17)12(13,14)15/h2-3,8-9H,4-5H2,1H3,(H,19,20)/t8-,9-/m1/s1. The molecule has 120 valence electrons. The van der Waals surface area contributed by atoms with Crippen molar-refractivity contribution in [3.63, 3.8) is 0 Å². The van der Waals surface area contributed by atoms with Gasteiger partial charge in [-0.25, -0.2) is 4.98 Å². The first-order chi connectivity index (χ1) is 10.1. The van der Waals surface area contributed by atoms with Crippen molar-refractivity contribution in [3.05, 3.63) is 27.9 Å². The predicted octanol–water partition coefficient (Wildman–Crippen LogP) is 2.00. The molecule has 2 atom stereocenters. The molecule has 0 saturated carbocycles. The number of aryl methyl sites for hydroxylation is 1. The van der Waals surface area contributed by atoms with Crippen molar-refractivity contribution in [1.82, 2.24) is 4.98 Å². The number of rotatable bonds is 3. The molecule has 1 fully saturated rings. The number of carboxylic acids is 1. The first-order valence-electron chi connectivity index (χ1n) is 6.26. The Balaban J connectivity index is 2.31. The van der Waals surface area contributed by atoms with Crippen LogP contribution in [0.4, 0.5) is 24.7 Å². The predicted molar refractivity (Wildman–Crippen MR) is 68.5 cm³/mol. The fourth-order valence-corrected chi connectivity index (χ4v) is 2.54. The van der Waals surface area contributed by atoms with Crippen LogP contribution in [0.3, 0.4) is 0 Å². The van der Waals surface area contributed by atoms with Crippen molar-refractivity contribution in [1.29, 1.82) is 0 Å². The number of aliphatic carboxylic acids is 1. The van der Waals surface area contributed by atoms with E-state index in [1.165, 1.54) is 17.9 Å². The topological polar surface area (TPSA) is 96.6 Å². The van der Waals surface area contributed by atoms with Crippen LogP contribution in [0, 0.1) is 28.9 Å². The Morgan fingerprint density at radius 1 is 1.50 bits per heavy atom. The Bertz CT molecular complexity index is 620. The smallest absolute Gasteiger partial charge is 0.394 e. The fourth-order valence-electron chi connectivity index (χ4n) is 2.54. The second-order valence-electron chi connectivity index (χ2n) is 5.09. The van der Waals surface area contributed by atoms with Gasteiger partial charge in [-0.1, -0.05) is 0 Å². The van der Waals surface area contributed by atoms with Crippen molar-refractivity contribution in [2.45, 2.75) is 13.1 Å². The lowest BCUT2D eigenvalue weighted by Gasteiger charge is -2.20. The molecule has 0 aliphatic carbocycles. The maximum atomic E-state index is 12.9. The van der Waals surface area contributed by atoms with E-state index in [1.54, 1.807) is 0 Å². The number of hydrogen-bond acceptors (Lipinski definition) is 5. The first kappa shape index (κ1) is 16.0. The summed E-state index contributed by atoms with van der Waals surface area (Å²) in [7, 11) is 0. The molecule has 0 unspecified atom stereocenters. The van der Waals surface area contributed by atoms with Crippen LogP contribution in [-0.2, 0) is 4.79 Å². The summed E-state index contributed by atoms with van der Waals surface area (Å²) in [6.45, 7) is 0.600. The molecule has 1 aromatic rings. The van der Waals surface area contributed by atoms with Gasteiger partial charge in [0.05, 0.1) is 16.8 Å². The molecule has 2 heterocycles. The number of carbonyl (C=O) groups is 1. The lowest BCUT2D eigenvalue weighted by atomic mass is 9.96. The Hall–Kier alpha value is -2.39. The van der Waals surface area contributed by atoms with E-state index in [0.717, 1.165) is 6.20 Å². The van der Waals surface area contributed by atoms with Crippen LogP contribution < -0.4 is 4.90 Å². The fraction of sp³-hybridized carbons (Fsp3) is 0.500. The molecule has 1 saturated heterocycles. The van der Waals surface area contributed by atoms with E-state index in [-0.39, 0.29) is 18.1 Å². The summed E-state index contributed by atoms with van der Waals surface area (Å²) in [5.41, 5.74) is 0.0452. The van der Waals surface area contributed by atoms with Gasteiger partial charge in [-0.3, -0.25) is 14.9 Å². The van der Waals surface area contributed by atoms with Crippen LogP contribution in [0.25, 0.3) is 0 Å². The van der Waals surface area contributed by atoms with Crippen LogP contribution in [0.1, 0.15) is 5.56 Å².